The van der Waals surface area contributed by atoms with Crippen LogP contribution in [-0.4, -0.2) is 0 Å². The van der Waals surface area contributed by atoms with E-state index in [-0.39, 0.29) is 17.4 Å². The van der Waals surface area contributed by atoms with Gasteiger partial charge in [0.15, 0.2) is 23.6 Å². The molecular weight excluding hydrogens is 365 g/mol. The molecule has 0 unspecified atom stereocenters. The summed E-state index contributed by atoms with van der Waals surface area (Å²) in [6, 6.07) is 12.6. The molecule has 0 aromatic heterocycles. The van der Waals surface area contributed by atoms with Gasteiger partial charge in [-0.1, -0.05) is 24.3 Å². The molecule has 0 bridgehead atoms. The predicted octanol–water partition coefficient (Wildman–Crippen LogP) is 6.14. The van der Waals surface area contributed by atoms with Gasteiger partial charge in [-0.15, -0.1) is 0 Å². The Morgan fingerprint density at radius 1 is 0.741 bits per heavy atom. The van der Waals surface area contributed by atoms with Crippen molar-refractivity contribution >= 4 is 5.69 Å². The van der Waals surface area contributed by atoms with Crippen molar-refractivity contribution < 1.29 is 26.7 Å². The minimum atomic E-state index is -2.25. The van der Waals surface area contributed by atoms with Gasteiger partial charge in [0.1, 0.15) is 5.82 Å². The van der Waals surface area contributed by atoms with Crippen LogP contribution in [0.15, 0.2) is 66.9 Å². The Hall–Kier alpha value is -3.35. The number of halogens is 5. The Kier molecular flexibility index (Phi) is 5.12. The quantitative estimate of drug-likeness (QED) is 0.337. The molecule has 0 spiro atoms. The van der Waals surface area contributed by atoms with Crippen LogP contribution in [0.1, 0.15) is 0 Å². The molecule has 0 saturated carbocycles. The first kappa shape index (κ1) is 18.4. The van der Waals surface area contributed by atoms with E-state index in [9.17, 15) is 22.0 Å². The minimum absolute atomic E-state index is 0.0502. The fourth-order valence-corrected chi connectivity index (χ4v) is 2.54. The number of nitrogens with two attached hydrogens (primary N) is 1. The highest BCUT2D eigenvalue weighted by Crippen LogP contribution is 2.32. The number of anilines is 1. The van der Waals surface area contributed by atoms with Crippen LogP contribution in [0.4, 0.5) is 27.6 Å². The molecule has 0 saturated heterocycles. The third-order valence-corrected chi connectivity index (χ3v) is 3.79. The molecule has 3 aromatic rings. The largest absolute Gasteiger partial charge is 0.453 e. The normalized spacial score (nSPS) is 10.6. The number of nitrogen functional groups attached to an aromatic ring is 1. The zero-order chi connectivity index (χ0) is 19.6. The van der Waals surface area contributed by atoms with Crippen molar-refractivity contribution in [3.63, 3.8) is 0 Å². The summed E-state index contributed by atoms with van der Waals surface area (Å²) < 4.78 is 70.8. The molecule has 2 N–H and O–H groups in total. The summed E-state index contributed by atoms with van der Waals surface area (Å²) in [6.07, 6.45) is -2.33. The Labute approximate surface area is 151 Å². The molecule has 3 rings (SSSR count). The van der Waals surface area contributed by atoms with Crippen molar-refractivity contribution in [3.05, 3.63) is 84.4 Å². The molecule has 7 heteroatoms. The number of ether oxygens (including phenoxy) is 1. The summed E-state index contributed by atoms with van der Waals surface area (Å²) in [6.45, 7) is 0. The van der Waals surface area contributed by atoms with E-state index in [1.54, 1.807) is 30.3 Å². The molecule has 0 aliphatic rings. The molecule has 27 heavy (non-hydrogen) atoms. The van der Waals surface area contributed by atoms with Crippen LogP contribution in [0, 0.1) is 17.5 Å². The second kappa shape index (κ2) is 7.49. The average Bonchev–Trinajstić information content (AvgIpc) is 2.61. The maximum atomic E-state index is 14.5. The number of hydrogen-bond donors (Lipinski definition) is 1. The van der Waals surface area contributed by atoms with E-state index in [1.807, 2.05) is 0 Å². The van der Waals surface area contributed by atoms with Crippen molar-refractivity contribution in [3.8, 4) is 28.0 Å². The minimum Gasteiger partial charge on any atom is -0.453 e. The fourth-order valence-electron chi connectivity index (χ4n) is 2.54. The molecule has 2 nitrogen and oxygen atoms in total. The second-order valence-corrected chi connectivity index (χ2v) is 5.61. The van der Waals surface area contributed by atoms with Crippen molar-refractivity contribution in [2.45, 2.75) is 0 Å². The van der Waals surface area contributed by atoms with Gasteiger partial charge >= 0.3 is 6.08 Å². The van der Waals surface area contributed by atoms with Gasteiger partial charge in [-0.3, -0.25) is 0 Å². The van der Waals surface area contributed by atoms with E-state index in [2.05, 4.69) is 4.74 Å². The monoisotopic (exact) mass is 377 g/mol. The van der Waals surface area contributed by atoms with Gasteiger partial charge in [0, 0.05) is 11.3 Å². The van der Waals surface area contributed by atoms with E-state index in [0.29, 0.717) is 11.3 Å². The molecule has 0 amide bonds. The van der Waals surface area contributed by atoms with Gasteiger partial charge in [0.05, 0.1) is 0 Å². The maximum Gasteiger partial charge on any atom is 0.305 e. The summed E-state index contributed by atoms with van der Waals surface area (Å²) in [5, 5.41) is 0. The Bertz CT molecular complexity index is 988. The highest BCUT2D eigenvalue weighted by atomic mass is 19.3. The molecular formula is C20H12F5NO. The summed E-state index contributed by atoms with van der Waals surface area (Å²) in [5.41, 5.74) is 7.30. The summed E-state index contributed by atoms with van der Waals surface area (Å²) in [5.74, 6) is -4.16. The summed E-state index contributed by atoms with van der Waals surface area (Å²) >= 11 is 0. The first-order valence-electron chi connectivity index (χ1n) is 7.68. The van der Waals surface area contributed by atoms with E-state index in [1.165, 1.54) is 12.1 Å². The van der Waals surface area contributed by atoms with E-state index in [4.69, 9.17) is 5.73 Å². The lowest BCUT2D eigenvalue weighted by Gasteiger charge is -2.10. The number of rotatable bonds is 4. The lowest BCUT2D eigenvalue weighted by molar-refractivity contribution is 0.344. The number of hydrogen-bond acceptors (Lipinski definition) is 2. The van der Waals surface area contributed by atoms with Crippen LogP contribution in [0.2, 0.25) is 0 Å². The van der Waals surface area contributed by atoms with Crippen LogP contribution >= 0.6 is 0 Å². The molecule has 0 aliphatic carbocycles. The standard InChI is InChI=1S/C20H12F5NO/c21-16-7-12(11-1-4-14(26)5-2-11)3-6-15(16)13-8-17(22)20(18(23)9-13)27-10-19(24)25/h1-10H,26H2. The smallest absolute Gasteiger partial charge is 0.305 e. The van der Waals surface area contributed by atoms with E-state index in [0.717, 1.165) is 17.7 Å². The molecule has 0 heterocycles. The summed E-state index contributed by atoms with van der Waals surface area (Å²) in [4.78, 5) is 0. The van der Waals surface area contributed by atoms with Crippen molar-refractivity contribution in [2.75, 3.05) is 5.73 Å². The van der Waals surface area contributed by atoms with E-state index < -0.39 is 29.3 Å². The van der Waals surface area contributed by atoms with Gasteiger partial charge in [0.25, 0.3) is 0 Å². The Morgan fingerprint density at radius 2 is 1.30 bits per heavy atom. The highest BCUT2D eigenvalue weighted by molar-refractivity contribution is 5.72. The highest BCUT2D eigenvalue weighted by Gasteiger charge is 2.16. The predicted molar refractivity (Wildman–Crippen MR) is 92.5 cm³/mol. The molecule has 3 aromatic carbocycles. The summed E-state index contributed by atoms with van der Waals surface area (Å²) in [7, 11) is 0. The average molecular weight is 377 g/mol. The zero-order valence-electron chi connectivity index (χ0n) is 13.6. The van der Waals surface area contributed by atoms with Crippen molar-refractivity contribution in [1.82, 2.24) is 0 Å². The van der Waals surface area contributed by atoms with Crippen LogP contribution in [0.5, 0.6) is 5.75 Å². The van der Waals surface area contributed by atoms with E-state index >= 15 is 0 Å². The number of benzene rings is 3. The SMILES string of the molecule is Nc1ccc(-c2ccc(-c3cc(F)c(OC=C(F)F)c(F)c3)c(F)c2)cc1. The molecule has 0 fully saturated rings. The molecule has 138 valence electrons. The topological polar surface area (TPSA) is 35.2 Å². The van der Waals surface area contributed by atoms with Gasteiger partial charge < -0.3 is 10.5 Å². The third-order valence-electron chi connectivity index (χ3n) is 3.79. The van der Waals surface area contributed by atoms with Gasteiger partial charge in [-0.05, 0) is 47.0 Å². The Balaban J connectivity index is 1.97. The van der Waals surface area contributed by atoms with Crippen LogP contribution in [-0.2, 0) is 0 Å². The molecule has 0 atom stereocenters. The molecule has 0 aliphatic heterocycles. The molecule has 0 radical (unpaired) electrons. The first-order chi connectivity index (χ1) is 12.8. The van der Waals surface area contributed by atoms with Gasteiger partial charge in [-0.2, -0.15) is 8.78 Å². The lowest BCUT2D eigenvalue weighted by atomic mass is 9.99. The fraction of sp³-hybridized carbons (Fsp3) is 0. The first-order valence-corrected chi connectivity index (χ1v) is 7.68. The lowest BCUT2D eigenvalue weighted by Crippen LogP contribution is -1.95. The van der Waals surface area contributed by atoms with Crippen molar-refractivity contribution in [1.29, 1.82) is 0 Å². The van der Waals surface area contributed by atoms with Crippen LogP contribution < -0.4 is 10.5 Å². The Morgan fingerprint density at radius 3 is 1.85 bits per heavy atom. The van der Waals surface area contributed by atoms with Crippen molar-refractivity contribution in [2.24, 2.45) is 0 Å². The maximum absolute atomic E-state index is 14.5. The van der Waals surface area contributed by atoms with Crippen LogP contribution in [0.3, 0.4) is 0 Å². The van der Waals surface area contributed by atoms with Gasteiger partial charge in [-0.25, -0.2) is 13.2 Å². The van der Waals surface area contributed by atoms with Crippen LogP contribution in [0.25, 0.3) is 22.3 Å². The second-order valence-electron chi connectivity index (χ2n) is 5.61. The van der Waals surface area contributed by atoms with Gasteiger partial charge in [0.2, 0.25) is 0 Å². The third kappa shape index (κ3) is 4.08. The zero-order valence-corrected chi connectivity index (χ0v) is 13.6.